The first-order chi connectivity index (χ1) is 11.9. The first kappa shape index (κ1) is 17.3. The molecule has 1 aromatic heterocycles. The van der Waals surface area contributed by atoms with Gasteiger partial charge >= 0.3 is 0 Å². The van der Waals surface area contributed by atoms with Crippen molar-refractivity contribution < 1.29 is 8.94 Å². The van der Waals surface area contributed by atoms with Crippen LogP contribution in [0.25, 0.3) is 10.9 Å². The van der Waals surface area contributed by atoms with Crippen molar-refractivity contribution in [2.45, 2.75) is 4.90 Å². The largest absolute Gasteiger partial charge is 0.612 e. The lowest BCUT2D eigenvalue weighted by Gasteiger charge is -2.14. The molecule has 1 atom stereocenters. The van der Waals surface area contributed by atoms with Crippen LogP contribution in [0.1, 0.15) is 5.56 Å². The van der Waals surface area contributed by atoms with Crippen LogP contribution in [0.2, 0.25) is 5.02 Å². The molecule has 0 saturated heterocycles. The van der Waals surface area contributed by atoms with Crippen LogP contribution in [0.4, 0.5) is 21.5 Å². The third-order valence-electron chi connectivity index (χ3n) is 3.58. The van der Waals surface area contributed by atoms with Gasteiger partial charge in [-0.2, -0.15) is 5.26 Å². The summed E-state index contributed by atoms with van der Waals surface area (Å²) in [5.41, 5.74) is 8.00. The van der Waals surface area contributed by atoms with Crippen molar-refractivity contribution in [3.63, 3.8) is 0 Å². The van der Waals surface area contributed by atoms with E-state index in [4.69, 9.17) is 17.3 Å². The van der Waals surface area contributed by atoms with E-state index in [-0.39, 0.29) is 10.6 Å². The summed E-state index contributed by atoms with van der Waals surface area (Å²) >= 11 is 4.50. The van der Waals surface area contributed by atoms with Crippen molar-refractivity contribution >= 4 is 50.7 Å². The Morgan fingerprint density at radius 3 is 2.76 bits per heavy atom. The molecule has 2 aromatic carbocycles. The standard InChI is InChI=1S/C17H12ClFN4OS/c1-25(24)15-5-10(21)4-12-16(9(7-20)8-22-17(12)15)23-11-2-3-14(19)13(18)6-11/h2-6,8H,21H2,1H3,(H,22,23). The Bertz CT molecular complexity index is 1020. The zero-order chi connectivity index (χ0) is 18.1. The van der Waals surface area contributed by atoms with Crippen molar-refractivity contribution in [2.24, 2.45) is 0 Å². The highest BCUT2D eigenvalue weighted by atomic mass is 35.5. The number of nitriles is 1. The second-order valence-electron chi connectivity index (χ2n) is 5.28. The summed E-state index contributed by atoms with van der Waals surface area (Å²) in [7, 11) is 0. The Balaban J connectivity index is 2.24. The smallest absolute Gasteiger partial charge is 0.180 e. The van der Waals surface area contributed by atoms with Crippen LogP contribution in [0.15, 0.2) is 41.4 Å². The van der Waals surface area contributed by atoms with Gasteiger partial charge in [-0.1, -0.05) is 11.6 Å². The SMILES string of the molecule is C[S+]([O-])c1cc(N)cc2c(Nc3ccc(F)c(Cl)c3)c(C#N)cnc12. The predicted octanol–water partition coefficient (Wildman–Crippen LogP) is 3.96. The highest BCUT2D eigenvalue weighted by molar-refractivity contribution is 7.91. The summed E-state index contributed by atoms with van der Waals surface area (Å²) in [5, 5.41) is 13.0. The minimum absolute atomic E-state index is 0.0447. The lowest BCUT2D eigenvalue weighted by molar-refractivity contribution is 0.601. The summed E-state index contributed by atoms with van der Waals surface area (Å²) in [6.45, 7) is 0. The van der Waals surface area contributed by atoms with E-state index in [0.717, 1.165) is 0 Å². The van der Waals surface area contributed by atoms with Crippen molar-refractivity contribution in [3.8, 4) is 6.07 Å². The number of fused-ring (bicyclic) bond motifs is 1. The minimum atomic E-state index is -1.31. The maximum Gasteiger partial charge on any atom is 0.180 e. The molecule has 0 aliphatic carbocycles. The van der Waals surface area contributed by atoms with Crippen molar-refractivity contribution in [1.82, 2.24) is 4.98 Å². The molecule has 1 unspecified atom stereocenters. The highest BCUT2D eigenvalue weighted by Crippen LogP contribution is 2.34. The molecule has 0 aliphatic rings. The first-order valence-corrected chi connectivity index (χ1v) is 9.02. The van der Waals surface area contributed by atoms with Crippen LogP contribution in [0.3, 0.4) is 0 Å². The van der Waals surface area contributed by atoms with Gasteiger partial charge in [0.1, 0.15) is 23.7 Å². The monoisotopic (exact) mass is 374 g/mol. The molecule has 0 fully saturated rings. The number of hydrogen-bond acceptors (Lipinski definition) is 5. The van der Waals surface area contributed by atoms with Crippen LogP contribution in [0.5, 0.6) is 0 Å². The third kappa shape index (κ3) is 3.33. The molecule has 1 heterocycles. The minimum Gasteiger partial charge on any atom is -0.612 e. The zero-order valence-electron chi connectivity index (χ0n) is 13.0. The predicted molar refractivity (Wildman–Crippen MR) is 97.9 cm³/mol. The molecular weight excluding hydrogens is 363 g/mol. The average molecular weight is 375 g/mol. The van der Waals surface area contributed by atoms with Gasteiger partial charge < -0.3 is 15.6 Å². The van der Waals surface area contributed by atoms with Gasteiger partial charge in [0.05, 0.1) is 16.3 Å². The van der Waals surface area contributed by atoms with Crippen molar-refractivity contribution in [3.05, 3.63) is 52.9 Å². The number of pyridine rings is 1. The Morgan fingerprint density at radius 1 is 1.36 bits per heavy atom. The second-order valence-corrected chi connectivity index (χ2v) is 7.04. The fourth-order valence-corrected chi connectivity index (χ4v) is 3.37. The Hall–Kier alpha value is -2.53. The molecule has 3 rings (SSSR count). The normalized spacial score (nSPS) is 12.0. The second kappa shape index (κ2) is 6.76. The number of nitrogens with one attached hydrogen (secondary N) is 1. The van der Waals surface area contributed by atoms with Gasteiger partial charge in [0.15, 0.2) is 4.90 Å². The van der Waals surface area contributed by atoms with E-state index >= 15 is 0 Å². The van der Waals surface area contributed by atoms with E-state index < -0.39 is 17.0 Å². The number of nitrogens with zero attached hydrogens (tertiary/aromatic N) is 2. The van der Waals surface area contributed by atoms with Gasteiger partial charge in [-0.25, -0.2) is 9.37 Å². The van der Waals surface area contributed by atoms with Crippen molar-refractivity contribution in [2.75, 3.05) is 17.3 Å². The molecule has 8 heteroatoms. The number of nitrogens with two attached hydrogens (primary N) is 1. The van der Waals surface area contributed by atoms with Crippen molar-refractivity contribution in [1.29, 1.82) is 5.26 Å². The summed E-state index contributed by atoms with van der Waals surface area (Å²) in [5.74, 6) is -0.541. The van der Waals surface area contributed by atoms with Gasteiger partial charge in [-0.3, -0.25) is 0 Å². The number of aromatic nitrogens is 1. The molecule has 0 spiro atoms. The molecule has 0 saturated carbocycles. The quantitative estimate of drug-likeness (QED) is 0.534. The van der Waals surface area contributed by atoms with Crippen LogP contribution in [-0.2, 0) is 11.2 Å². The van der Waals surface area contributed by atoms with E-state index in [1.54, 1.807) is 12.1 Å². The molecule has 3 N–H and O–H groups in total. The maximum absolute atomic E-state index is 13.4. The van der Waals surface area contributed by atoms with Crippen LogP contribution in [0, 0.1) is 17.1 Å². The van der Waals surface area contributed by atoms with Gasteiger partial charge in [0.25, 0.3) is 0 Å². The first-order valence-electron chi connectivity index (χ1n) is 7.08. The molecule has 5 nitrogen and oxygen atoms in total. The molecule has 25 heavy (non-hydrogen) atoms. The van der Waals surface area contributed by atoms with Gasteiger partial charge in [-0.15, -0.1) is 0 Å². The van der Waals surface area contributed by atoms with Crippen LogP contribution < -0.4 is 11.1 Å². The maximum atomic E-state index is 13.4. The fraction of sp³-hybridized carbons (Fsp3) is 0.0588. The molecule has 0 aliphatic heterocycles. The topological polar surface area (TPSA) is 97.8 Å². The molecule has 0 amide bonds. The number of halogens is 2. The number of nitrogen functional groups attached to an aromatic ring is 1. The highest BCUT2D eigenvalue weighted by Gasteiger charge is 2.18. The Kier molecular flexibility index (Phi) is 4.68. The number of rotatable bonds is 3. The Morgan fingerprint density at radius 2 is 2.12 bits per heavy atom. The van der Waals surface area contributed by atoms with Gasteiger partial charge in [0, 0.05) is 29.0 Å². The third-order valence-corrected chi connectivity index (χ3v) is 4.80. The van der Waals surface area contributed by atoms with Gasteiger partial charge in [0.2, 0.25) is 0 Å². The van der Waals surface area contributed by atoms with Gasteiger partial charge in [-0.05, 0) is 35.4 Å². The molecule has 126 valence electrons. The van der Waals surface area contributed by atoms with E-state index in [1.165, 1.54) is 30.7 Å². The molecule has 0 radical (unpaired) electrons. The molecule has 3 aromatic rings. The summed E-state index contributed by atoms with van der Waals surface area (Å²) < 4.78 is 25.3. The fourth-order valence-electron chi connectivity index (χ4n) is 2.45. The lowest BCUT2D eigenvalue weighted by Crippen LogP contribution is -2.04. The number of anilines is 3. The van der Waals surface area contributed by atoms with Crippen LogP contribution in [-0.4, -0.2) is 15.8 Å². The molecular formula is C17H12ClFN4OS. The Labute approximate surface area is 151 Å². The summed E-state index contributed by atoms with van der Waals surface area (Å²) in [6, 6.07) is 9.43. The van der Waals surface area contributed by atoms with E-state index in [0.29, 0.717) is 32.9 Å². The lowest BCUT2D eigenvalue weighted by atomic mass is 10.1. The van der Waals surface area contributed by atoms with E-state index in [2.05, 4.69) is 16.4 Å². The summed E-state index contributed by atoms with van der Waals surface area (Å²) in [6.07, 6.45) is 2.92. The van der Waals surface area contributed by atoms with E-state index in [9.17, 15) is 14.2 Å². The number of hydrogen-bond donors (Lipinski definition) is 2. The zero-order valence-corrected chi connectivity index (χ0v) is 14.6. The van der Waals surface area contributed by atoms with Crippen LogP contribution >= 0.6 is 11.6 Å². The number of benzene rings is 2. The summed E-state index contributed by atoms with van der Waals surface area (Å²) in [4.78, 5) is 4.72. The average Bonchev–Trinajstić information content (AvgIpc) is 2.57. The van der Waals surface area contributed by atoms with E-state index in [1.807, 2.05) is 0 Å². The molecule has 0 bridgehead atoms.